The third-order valence-electron chi connectivity index (χ3n) is 5.76. The first-order chi connectivity index (χ1) is 16.3. The molecular formula is C25H25F3N4O2. The van der Waals surface area contributed by atoms with Crippen molar-refractivity contribution in [2.75, 3.05) is 37.6 Å². The molecule has 34 heavy (non-hydrogen) atoms. The highest BCUT2D eigenvalue weighted by atomic mass is 19.4. The van der Waals surface area contributed by atoms with Gasteiger partial charge in [-0.1, -0.05) is 24.3 Å². The standard InChI is InChI=1S/C25H25F3N4O2/c26-25(27,28)17-30-24(34)18-5-7-21(8-6-18)32-11-9-31(10-12-32)16-19-3-1-2-4-23(19)20-13-22(33)15-29-14-20/h1-8,13-15,33H,9-12,16-17H2,(H,30,34). The van der Waals surface area contributed by atoms with Gasteiger partial charge in [-0.25, -0.2) is 0 Å². The predicted octanol–water partition coefficient (Wildman–Crippen LogP) is 4.07. The van der Waals surface area contributed by atoms with Crippen molar-refractivity contribution in [2.24, 2.45) is 0 Å². The summed E-state index contributed by atoms with van der Waals surface area (Å²) in [5, 5.41) is 11.7. The average Bonchev–Trinajstić information content (AvgIpc) is 2.83. The first-order valence-corrected chi connectivity index (χ1v) is 10.9. The number of carbonyl (C=O) groups is 1. The SMILES string of the molecule is O=C(NCC(F)(F)F)c1ccc(N2CCN(Cc3ccccc3-c3cncc(O)c3)CC2)cc1. The minimum Gasteiger partial charge on any atom is -0.506 e. The van der Waals surface area contributed by atoms with Crippen molar-refractivity contribution in [2.45, 2.75) is 12.7 Å². The number of carbonyl (C=O) groups excluding carboxylic acids is 1. The number of anilines is 1. The Hall–Kier alpha value is -3.59. The van der Waals surface area contributed by atoms with Crippen LogP contribution in [-0.2, 0) is 6.54 Å². The topological polar surface area (TPSA) is 68.7 Å². The summed E-state index contributed by atoms with van der Waals surface area (Å²) in [5.41, 5.74) is 4.18. The fourth-order valence-corrected chi connectivity index (χ4v) is 4.03. The lowest BCUT2D eigenvalue weighted by molar-refractivity contribution is -0.123. The molecule has 0 atom stereocenters. The molecule has 178 valence electrons. The van der Waals surface area contributed by atoms with Gasteiger partial charge in [0.2, 0.25) is 0 Å². The molecule has 2 N–H and O–H groups in total. The molecule has 9 heteroatoms. The normalized spacial score (nSPS) is 14.7. The molecule has 1 fully saturated rings. The van der Waals surface area contributed by atoms with Crippen LogP contribution in [0.2, 0.25) is 0 Å². The van der Waals surface area contributed by atoms with E-state index in [4.69, 9.17) is 0 Å². The van der Waals surface area contributed by atoms with Gasteiger partial charge in [0, 0.05) is 55.7 Å². The van der Waals surface area contributed by atoms with Crippen molar-refractivity contribution in [1.29, 1.82) is 0 Å². The number of nitrogens with one attached hydrogen (secondary N) is 1. The van der Waals surface area contributed by atoms with Gasteiger partial charge in [0.1, 0.15) is 12.3 Å². The summed E-state index contributed by atoms with van der Waals surface area (Å²) >= 11 is 0. The maximum absolute atomic E-state index is 12.3. The Bertz CT molecular complexity index is 1130. The second-order valence-corrected chi connectivity index (χ2v) is 8.20. The van der Waals surface area contributed by atoms with Crippen LogP contribution < -0.4 is 10.2 Å². The second-order valence-electron chi connectivity index (χ2n) is 8.20. The van der Waals surface area contributed by atoms with Crippen molar-refractivity contribution in [3.05, 3.63) is 78.1 Å². The molecule has 4 rings (SSSR count). The van der Waals surface area contributed by atoms with Crippen molar-refractivity contribution in [3.63, 3.8) is 0 Å². The number of benzene rings is 2. The van der Waals surface area contributed by atoms with Crippen LogP contribution >= 0.6 is 0 Å². The highest BCUT2D eigenvalue weighted by Crippen LogP contribution is 2.27. The number of aromatic nitrogens is 1. The fourth-order valence-electron chi connectivity index (χ4n) is 4.03. The van der Waals surface area contributed by atoms with Crippen LogP contribution in [0.1, 0.15) is 15.9 Å². The molecule has 1 aliphatic rings. The summed E-state index contributed by atoms with van der Waals surface area (Å²) in [4.78, 5) is 20.5. The van der Waals surface area contributed by atoms with Crippen molar-refractivity contribution < 1.29 is 23.1 Å². The quantitative estimate of drug-likeness (QED) is 0.569. The molecule has 2 heterocycles. The fraction of sp³-hybridized carbons (Fsp3) is 0.280. The average molecular weight is 470 g/mol. The van der Waals surface area contributed by atoms with Crippen LogP contribution in [0.15, 0.2) is 67.0 Å². The summed E-state index contributed by atoms with van der Waals surface area (Å²) in [6.45, 7) is 2.66. The number of rotatable bonds is 6. The maximum atomic E-state index is 12.3. The van der Waals surface area contributed by atoms with E-state index in [2.05, 4.69) is 20.9 Å². The smallest absolute Gasteiger partial charge is 0.405 e. The van der Waals surface area contributed by atoms with Gasteiger partial charge in [0.15, 0.2) is 0 Å². The molecule has 1 amide bonds. The van der Waals surface area contributed by atoms with Gasteiger partial charge in [-0.05, 0) is 41.5 Å². The first-order valence-electron chi connectivity index (χ1n) is 10.9. The molecule has 0 bridgehead atoms. The van der Waals surface area contributed by atoms with Crippen LogP contribution in [-0.4, -0.2) is 59.8 Å². The summed E-state index contributed by atoms with van der Waals surface area (Å²) in [6, 6.07) is 16.4. The van der Waals surface area contributed by atoms with E-state index in [1.165, 1.54) is 6.20 Å². The Morgan fingerprint density at radius 1 is 1.00 bits per heavy atom. The summed E-state index contributed by atoms with van der Waals surface area (Å²) in [7, 11) is 0. The van der Waals surface area contributed by atoms with Crippen molar-refractivity contribution in [3.8, 4) is 16.9 Å². The molecule has 0 spiro atoms. The minimum absolute atomic E-state index is 0.129. The van der Waals surface area contributed by atoms with Gasteiger partial charge < -0.3 is 15.3 Å². The van der Waals surface area contributed by atoms with Crippen molar-refractivity contribution >= 4 is 11.6 Å². The van der Waals surface area contributed by atoms with E-state index in [0.29, 0.717) is 0 Å². The summed E-state index contributed by atoms with van der Waals surface area (Å²) in [5.74, 6) is -0.612. The molecule has 3 aromatic rings. The third kappa shape index (κ3) is 6.05. The lowest BCUT2D eigenvalue weighted by atomic mass is 10.0. The number of hydrogen-bond acceptors (Lipinski definition) is 5. The Labute approximate surface area is 195 Å². The van der Waals surface area contributed by atoms with E-state index in [1.54, 1.807) is 36.5 Å². The molecule has 0 saturated carbocycles. The van der Waals surface area contributed by atoms with E-state index in [1.807, 2.05) is 23.5 Å². The molecule has 1 aromatic heterocycles. The Kier molecular flexibility index (Phi) is 7.02. The molecule has 1 saturated heterocycles. The van der Waals surface area contributed by atoms with Crippen LogP contribution in [0, 0.1) is 0 Å². The van der Waals surface area contributed by atoms with Crippen LogP contribution in [0.3, 0.4) is 0 Å². The number of alkyl halides is 3. The van der Waals surface area contributed by atoms with E-state index in [9.17, 15) is 23.1 Å². The zero-order valence-corrected chi connectivity index (χ0v) is 18.4. The van der Waals surface area contributed by atoms with Gasteiger partial charge in [-0.2, -0.15) is 13.2 Å². The molecule has 0 unspecified atom stereocenters. The number of piperazine rings is 1. The lowest BCUT2D eigenvalue weighted by Gasteiger charge is -2.36. The molecule has 6 nitrogen and oxygen atoms in total. The van der Waals surface area contributed by atoms with Crippen LogP contribution in [0.5, 0.6) is 5.75 Å². The molecule has 1 aliphatic heterocycles. The van der Waals surface area contributed by atoms with Gasteiger partial charge in [-0.3, -0.25) is 14.7 Å². The largest absolute Gasteiger partial charge is 0.506 e. The number of amides is 1. The van der Waals surface area contributed by atoms with Gasteiger partial charge in [-0.15, -0.1) is 0 Å². The number of aromatic hydroxyl groups is 1. The maximum Gasteiger partial charge on any atom is 0.405 e. The van der Waals surface area contributed by atoms with Crippen molar-refractivity contribution in [1.82, 2.24) is 15.2 Å². The zero-order valence-electron chi connectivity index (χ0n) is 18.4. The Balaban J connectivity index is 1.34. The van der Waals surface area contributed by atoms with E-state index >= 15 is 0 Å². The Morgan fingerprint density at radius 3 is 2.38 bits per heavy atom. The third-order valence-corrected chi connectivity index (χ3v) is 5.76. The lowest BCUT2D eigenvalue weighted by Crippen LogP contribution is -2.46. The molecule has 0 radical (unpaired) electrons. The summed E-state index contributed by atoms with van der Waals surface area (Å²) in [6.07, 6.45) is -1.29. The predicted molar refractivity (Wildman–Crippen MR) is 124 cm³/mol. The zero-order chi connectivity index (χ0) is 24.1. The number of hydrogen-bond donors (Lipinski definition) is 2. The van der Waals surface area contributed by atoms with E-state index in [-0.39, 0.29) is 11.3 Å². The van der Waals surface area contributed by atoms with Gasteiger partial charge >= 0.3 is 6.18 Å². The molecule has 0 aliphatic carbocycles. The highest BCUT2D eigenvalue weighted by Gasteiger charge is 2.28. The van der Waals surface area contributed by atoms with Crippen LogP contribution in [0.4, 0.5) is 18.9 Å². The first kappa shape index (κ1) is 23.6. The van der Waals surface area contributed by atoms with E-state index < -0.39 is 18.6 Å². The van der Waals surface area contributed by atoms with E-state index in [0.717, 1.165) is 55.1 Å². The molecule has 2 aromatic carbocycles. The van der Waals surface area contributed by atoms with Gasteiger partial charge in [0.05, 0.1) is 6.20 Å². The number of pyridine rings is 1. The highest BCUT2D eigenvalue weighted by molar-refractivity contribution is 5.94. The number of halogens is 3. The minimum atomic E-state index is -4.43. The Morgan fingerprint density at radius 2 is 1.71 bits per heavy atom. The number of nitrogens with zero attached hydrogens (tertiary/aromatic N) is 3. The summed E-state index contributed by atoms with van der Waals surface area (Å²) < 4.78 is 36.9. The second kappa shape index (κ2) is 10.1. The van der Waals surface area contributed by atoms with Crippen LogP contribution in [0.25, 0.3) is 11.1 Å². The van der Waals surface area contributed by atoms with Gasteiger partial charge in [0.25, 0.3) is 5.91 Å². The monoisotopic (exact) mass is 470 g/mol. The molecular weight excluding hydrogens is 445 g/mol.